The van der Waals surface area contributed by atoms with Crippen LogP contribution >= 0.6 is 11.8 Å². The number of hydrogen-bond donors (Lipinski definition) is 0. The van der Waals surface area contributed by atoms with Gasteiger partial charge in [0.05, 0.1) is 11.9 Å². The van der Waals surface area contributed by atoms with Gasteiger partial charge in [-0.05, 0) is 19.8 Å². The molecule has 6 nitrogen and oxygen atoms in total. The molecule has 2 fully saturated rings. The number of thioether (sulfide) groups is 1. The molecule has 2 atom stereocenters. The van der Waals surface area contributed by atoms with E-state index in [1.807, 2.05) is 18.0 Å². The molecule has 0 saturated carbocycles. The molecule has 0 spiro atoms. The zero-order chi connectivity index (χ0) is 15.7. The number of piperidine rings is 1. The van der Waals surface area contributed by atoms with Crippen LogP contribution in [0.3, 0.4) is 0 Å². The summed E-state index contributed by atoms with van der Waals surface area (Å²) in [4.78, 5) is 32.4. The van der Waals surface area contributed by atoms with Gasteiger partial charge in [-0.25, -0.2) is 4.98 Å². The van der Waals surface area contributed by atoms with Crippen molar-refractivity contribution in [1.82, 2.24) is 19.4 Å². The number of carbonyl (C=O) groups excluding carboxylic acids is 2. The van der Waals surface area contributed by atoms with Crippen LogP contribution in [-0.2, 0) is 9.59 Å². The van der Waals surface area contributed by atoms with Gasteiger partial charge in [-0.2, -0.15) is 0 Å². The topological polar surface area (TPSA) is 58.4 Å². The van der Waals surface area contributed by atoms with Gasteiger partial charge in [-0.1, -0.05) is 0 Å². The number of rotatable bonds is 2. The average Bonchev–Trinajstić information content (AvgIpc) is 3.15. The Labute approximate surface area is 134 Å². The molecule has 22 heavy (non-hydrogen) atoms. The fourth-order valence-electron chi connectivity index (χ4n) is 3.32. The summed E-state index contributed by atoms with van der Waals surface area (Å²) in [5.41, 5.74) is 0. The third-order valence-electron chi connectivity index (χ3n) is 4.54. The fraction of sp³-hybridized carbons (Fsp3) is 0.667. The number of amides is 2. The van der Waals surface area contributed by atoms with E-state index in [4.69, 9.17) is 0 Å². The first-order valence-electron chi connectivity index (χ1n) is 7.71. The highest BCUT2D eigenvalue weighted by atomic mass is 32.2. The predicted molar refractivity (Wildman–Crippen MR) is 85.4 cm³/mol. The lowest BCUT2D eigenvalue weighted by Gasteiger charge is -2.36. The molecule has 0 aromatic carbocycles. The van der Waals surface area contributed by atoms with Crippen molar-refractivity contribution in [1.29, 1.82) is 0 Å². The Kier molecular flexibility index (Phi) is 4.42. The smallest absolute Gasteiger partial charge is 0.246 e. The summed E-state index contributed by atoms with van der Waals surface area (Å²) < 4.78 is 2.16. The van der Waals surface area contributed by atoms with Crippen LogP contribution in [0, 0.1) is 6.92 Å². The van der Waals surface area contributed by atoms with Gasteiger partial charge in [0, 0.05) is 38.2 Å². The van der Waals surface area contributed by atoms with E-state index in [0.717, 1.165) is 25.2 Å². The fourth-order valence-corrected chi connectivity index (χ4v) is 4.53. The summed E-state index contributed by atoms with van der Waals surface area (Å²) >= 11 is 1.65. The third kappa shape index (κ3) is 2.86. The number of imidazole rings is 1. The van der Waals surface area contributed by atoms with Crippen molar-refractivity contribution in [3.8, 4) is 0 Å². The van der Waals surface area contributed by atoms with E-state index in [1.165, 1.54) is 0 Å². The summed E-state index contributed by atoms with van der Waals surface area (Å²) in [7, 11) is 0. The number of hydrogen-bond acceptors (Lipinski definition) is 4. The first kappa shape index (κ1) is 15.4. The predicted octanol–water partition coefficient (Wildman–Crippen LogP) is 1.28. The van der Waals surface area contributed by atoms with Crippen LogP contribution in [0.1, 0.15) is 31.6 Å². The normalized spacial score (nSPS) is 25.5. The second-order valence-electron chi connectivity index (χ2n) is 5.97. The molecule has 2 saturated heterocycles. The summed E-state index contributed by atoms with van der Waals surface area (Å²) in [5, 5.41) is 0. The molecule has 7 heteroatoms. The monoisotopic (exact) mass is 322 g/mol. The second kappa shape index (κ2) is 6.32. The van der Waals surface area contributed by atoms with Crippen molar-refractivity contribution < 1.29 is 9.59 Å². The van der Waals surface area contributed by atoms with Gasteiger partial charge in [0.15, 0.2) is 0 Å². The van der Waals surface area contributed by atoms with Crippen molar-refractivity contribution in [2.75, 3.05) is 24.7 Å². The van der Waals surface area contributed by atoms with E-state index >= 15 is 0 Å². The van der Waals surface area contributed by atoms with Crippen LogP contribution in [0.25, 0.3) is 0 Å². The highest BCUT2D eigenvalue weighted by Crippen LogP contribution is 2.27. The molecule has 120 valence electrons. The lowest BCUT2D eigenvalue weighted by Crippen LogP contribution is -2.51. The molecular weight excluding hydrogens is 300 g/mol. The highest BCUT2D eigenvalue weighted by molar-refractivity contribution is 7.99. The Balaban J connectivity index is 1.70. The standard InChI is InChI=1S/C15H22N4O2S/c1-11-16-5-7-18(11)13-4-3-6-17(8-13)15(21)14-9-22-10-19(14)12(2)20/h5,7,13-14H,3-4,6,8-10H2,1-2H3/t13-,14+/m1/s1. The number of nitrogens with zero attached hydrogens (tertiary/aromatic N) is 4. The Morgan fingerprint density at radius 3 is 2.91 bits per heavy atom. The molecule has 3 heterocycles. The highest BCUT2D eigenvalue weighted by Gasteiger charge is 2.37. The molecule has 2 aliphatic rings. The summed E-state index contributed by atoms with van der Waals surface area (Å²) in [5.74, 6) is 2.42. The van der Waals surface area contributed by atoms with Crippen LogP contribution in [-0.4, -0.2) is 61.9 Å². The quantitative estimate of drug-likeness (QED) is 0.823. The lowest BCUT2D eigenvalue weighted by atomic mass is 10.0. The van der Waals surface area contributed by atoms with Crippen LogP contribution in [0.5, 0.6) is 0 Å². The molecule has 0 aliphatic carbocycles. The summed E-state index contributed by atoms with van der Waals surface area (Å²) in [6, 6.07) is 0.00479. The number of likely N-dealkylation sites (tertiary alicyclic amines) is 1. The first-order chi connectivity index (χ1) is 10.6. The SMILES string of the molecule is CC(=O)N1CSC[C@H]1C(=O)N1CCC[C@@H](n2ccnc2C)C1. The van der Waals surface area contributed by atoms with E-state index in [2.05, 4.69) is 9.55 Å². The Morgan fingerprint density at radius 2 is 2.23 bits per heavy atom. The van der Waals surface area contributed by atoms with E-state index in [-0.39, 0.29) is 17.9 Å². The van der Waals surface area contributed by atoms with Gasteiger partial charge in [0.25, 0.3) is 0 Å². The Bertz CT molecular complexity index is 574. The van der Waals surface area contributed by atoms with Crippen LogP contribution in [0.15, 0.2) is 12.4 Å². The van der Waals surface area contributed by atoms with E-state index in [0.29, 0.717) is 24.2 Å². The molecule has 2 amide bonds. The third-order valence-corrected chi connectivity index (χ3v) is 5.55. The maximum atomic E-state index is 12.8. The van der Waals surface area contributed by atoms with Crippen LogP contribution in [0.4, 0.5) is 0 Å². The largest absolute Gasteiger partial charge is 0.339 e. The van der Waals surface area contributed by atoms with E-state index < -0.39 is 0 Å². The van der Waals surface area contributed by atoms with Gasteiger partial charge < -0.3 is 14.4 Å². The zero-order valence-corrected chi connectivity index (χ0v) is 13.9. The second-order valence-corrected chi connectivity index (χ2v) is 6.97. The molecule has 0 N–H and O–H groups in total. The van der Waals surface area contributed by atoms with Crippen molar-refractivity contribution in [2.24, 2.45) is 0 Å². The minimum atomic E-state index is -0.287. The Hall–Kier alpha value is -1.50. The van der Waals surface area contributed by atoms with Crippen molar-refractivity contribution in [3.63, 3.8) is 0 Å². The van der Waals surface area contributed by atoms with Crippen molar-refractivity contribution in [3.05, 3.63) is 18.2 Å². The molecule has 1 aromatic heterocycles. The van der Waals surface area contributed by atoms with Gasteiger partial charge in [-0.15, -0.1) is 11.8 Å². The van der Waals surface area contributed by atoms with Gasteiger partial charge >= 0.3 is 0 Å². The average molecular weight is 322 g/mol. The summed E-state index contributed by atoms with van der Waals surface area (Å²) in [6.45, 7) is 5.03. The maximum Gasteiger partial charge on any atom is 0.246 e. The molecule has 1 aromatic rings. The molecule has 0 radical (unpaired) electrons. The Morgan fingerprint density at radius 1 is 1.41 bits per heavy atom. The lowest BCUT2D eigenvalue weighted by molar-refractivity contribution is -0.143. The number of aromatic nitrogens is 2. The minimum Gasteiger partial charge on any atom is -0.339 e. The maximum absolute atomic E-state index is 12.8. The molecule has 0 unspecified atom stereocenters. The minimum absolute atomic E-state index is 0.0117. The van der Waals surface area contributed by atoms with Crippen LogP contribution in [0.2, 0.25) is 0 Å². The van der Waals surface area contributed by atoms with E-state index in [9.17, 15) is 9.59 Å². The van der Waals surface area contributed by atoms with Crippen LogP contribution < -0.4 is 0 Å². The number of aryl methyl sites for hydroxylation is 1. The van der Waals surface area contributed by atoms with Gasteiger partial charge in [0.2, 0.25) is 11.8 Å². The first-order valence-corrected chi connectivity index (χ1v) is 8.86. The molecule has 0 bridgehead atoms. The van der Waals surface area contributed by atoms with Gasteiger partial charge in [-0.3, -0.25) is 9.59 Å². The van der Waals surface area contributed by atoms with Crippen molar-refractivity contribution in [2.45, 2.75) is 38.8 Å². The zero-order valence-electron chi connectivity index (χ0n) is 13.1. The summed E-state index contributed by atoms with van der Waals surface area (Å²) in [6.07, 6.45) is 5.85. The molecule has 2 aliphatic heterocycles. The van der Waals surface area contributed by atoms with E-state index in [1.54, 1.807) is 29.8 Å². The number of carbonyl (C=O) groups is 2. The molecular formula is C15H22N4O2S. The molecule has 3 rings (SSSR count). The van der Waals surface area contributed by atoms with Gasteiger partial charge in [0.1, 0.15) is 11.9 Å². The van der Waals surface area contributed by atoms with Crippen molar-refractivity contribution >= 4 is 23.6 Å².